The molecule has 1 atom stereocenters. The highest BCUT2D eigenvalue weighted by Crippen LogP contribution is 2.08. The Morgan fingerprint density at radius 1 is 1.37 bits per heavy atom. The Bertz CT molecular complexity index is 526. The molecule has 0 heterocycles. The minimum absolute atomic E-state index is 0.124. The summed E-state index contributed by atoms with van der Waals surface area (Å²) in [7, 11) is -3.56. The van der Waals surface area contributed by atoms with Crippen LogP contribution >= 0.6 is 0 Å². The van der Waals surface area contributed by atoms with Crippen LogP contribution in [0.3, 0.4) is 0 Å². The minimum Gasteiger partial charge on any atom is -0.409 e. The maximum Gasteiger partial charge on any atom is 0.216 e. The molecule has 1 rings (SSSR count). The summed E-state index contributed by atoms with van der Waals surface area (Å²) in [5.41, 5.74) is 6.17. The zero-order valence-electron chi connectivity index (χ0n) is 10.9. The van der Waals surface area contributed by atoms with Gasteiger partial charge in [0.15, 0.2) is 5.84 Å². The Kier molecular flexibility index (Phi) is 5.31. The highest BCUT2D eigenvalue weighted by atomic mass is 32.2. The SMILES string of the molecule is CC(C)C(NS(=O)(=O)Cc1ccccc1)C(N)=NO. The van der Waals surface area contributed by atoms with Crippen molar-refractivity contribution in [1.29, 1.82) is 0 Å². The Balaban J connectivity index is 2.84. The highest BCUT2D eigenvalue weighted by molar-refractivity contribution is 7.88. The lowest BCUT2D eigenvalue weighted by molar-refractivity contribution is 0.313. The molecule has 0 aliphatic rings. The molecule has 6 nitrogen and oxygen atoms in total. The van der Waals surface area contributed by atoms with Gasteiger partial charge in [0, 0.05) is 0 Å². The maximum absolute atomic E-state index is 12.0. The molecular weight excluding hydrogens is 266 g/mol. The zero-order valence-corrected chi connectivity index (χ0v) is 11.8. The number of nitrogens with one attached hydrogen (secondary N) is 1. The molecule has 1 unspecified atom stereocenters. The average Bonchev–Trinajstić information content (AvgIpc) is 2.35. The van der Waals surface area contributed by atoms with Crippen LogP contribution in [-0.4, -0.2) is 25.5 Å². The fraction of sp³-hybridized carbons (Fsp3) is 0.417. The molecule has 0 aromatic heterocycles. The number of nitrogens with zero attached hydrogens (tertiary/aromatic N) is 1. The predicted octanol–water partition coefficient (Wildman–Crippen LogP) is 0.877. The lowest BCUT2D eigenvalue weighted by Crippen LogP contribution is -2.48. The number of rotatable bonds is 6. The summed E-state index contributed by atoms with van der Waals surface area (Å²) >= 11 is 0. The van der Waals surface area contributed by atoms with Gasteiger partial charge in [0.1, 0.15) is 0 Å². The van der Waals surface area contributed by atoms with Crippen LogP contribution < -0.4 is 10.5 Å². The molecule has 7 heteroatoms. The Morgan fingerprint density at radius 2 is 1.95 bits per heavy atom. The lowest BCUT2D eigenvalue weighted by Gasteiger charge is -2.20. The molecule has 0 fully saturated rings. The lowest BCUT2D eigenvalue weighted by atomic mass is 10.1. The molecule has 0 bridgehead atoms. The van der Waals surface area contributed by atoms with Gasteiger partial charge in [-0.25, -0.2) is 13.1 Å². The Labute approximate surface area is 113 Å². The second-order valence-electron chi connectivity index (χ2n) is 4.61. The average molecular weight is 285 g/mol. The topological polar surface area (TPSA) is 105 Å². The van der Waals surface area contributed by atoms with Gasteiger partial charge in [-0.3, -0.25) is 0 Å². The van der Waals surface area contributed by atoms with Gasteiger partial charge in [0.2, 0.25) is 10.0 Å². The molecule has 0 aliphatic heterocycles. The second-order valence-corrected chi connectivity index (χ2v) is 6.36. The van der Waals surface area contributed by atoms with E-state index >= 15 is 0 Å². The smallest absolute Gasteiger partial charge is 0.216 e. The van der Waals surface area contributed by atoms with Gasteiger partial charge in [-0.2, -0.15) is 0 Å². The van der Waals surface area contributed by atoms with Crippen LogP contribution in [0, 0.1) is 5.92 Å². The summed E-state index contributed by atoms with van der Waals surface area (Å²) in [6.45, 7) is 3.57. The molecule has 0 radical (unpaired) electrons. The van der Waals surface area contributed by atoms with Gasteiger partial charge < -0.3 is 10.9 Å². The maximum atomic E-state index is 12.0. The van der Waals surface area contributed by atoms with Gasteiger partial charge in [-0.1, -0.05) is 49.3 Å². The summed E-state index contributed by atoms with van der Waals surface area (Å²) < 4.78 is 26.5. The fourth-order valence-corrected chi connectivity index (χ4v) is 3.12. The van der Waals surface area contributed by atoms with E-state index in [0.717, 1.165) is 0 Å². The van der Waals surface area contributed by atoms with E-state index in [9.17, 15) is 8.42 Å². The molecule has 4 N–H and O–H groups in total. The third-order valence-corrected chi connectivity index (χ3v) is 3.93. The summed E-state index contributed by atoms with van der Waals surface area (Å²) in [5, 5.41) is 11.5. The van der Waals surface area contributed by atoms with Crippen LogP contribution in [0.1, 0.15) is 19.4 Å². The van der Waals surface area contributed by atoms with Crippen LogP contribution in [0.2, 0.25) is 0 Å². The molecule has 0 amide bonds. The molecule has 19 heavy (non-hydrogen) atoms. The van der Waals surface area contributed by atoms with Crippen LogP contribution in [0.5, 0.6) is 0 Å². The summed E-state index contributed by atoms with van der Waals surface area (Å²) in [5.74, 6) is -0.413. The van der Waals surface area contributed by atoms with E-state index in [0.29, 0.717) is 5.56 Å². The Hall–Kier alpha value is -1.60. The molecule has 106 valence electrons. The van der Waals surface area contributed by atoms with Crippen molar-refractivity contribution in [1.82, 2.24) is 4.72 Å². The van der Waals surface area contributed by atoms with E-state index in [1.807, 2.05) is 6.07 Å². The van der Waals surface area contributed by atoms with Gasteiger partial charge in [0.25, 0.3) is 0 Å². The normalized spacial score (nSPS) is 14.6. The number of sulfonamides is 1. The first-order valence-electron chi connectivity index (χ1n) is 5.87. The van der Waals surface area contributed by atoms with Crippen LogP contribution in [0.15, 0.2) is 35.5 Å². The van der Waals surface area contributed by atoms with Crippen LogP contribution in [0.4, 0.5) is 0 Å². The largest absolute Gasteiger partial charge is 0.409 e. The second kappa shape index (κ2) is 6.53. The monoisotopic (exact) mass is 285 g/mol. The van der Waals surface area contributed by atoms with Crippen molar-refractivity contribution in [2.45, 2.75) is 25.6 Å². The van der Waals surface area contributed by atoms with E-state index in [2.05, 4.69) is 9.88 Å². The minimum atomic E-state index is -3.56. The third-order valence-electron chi connectivity index (χ3n) is 2.61. The standard InChI is InChI=1S/C12H19N3O3S/c1-9(2)11(12(13)14-16)15-19(17,18)8-10-6-4-3-5-7-10/h3-7,9,11,15-16H,8H2,1-2H3,(H2,13,14). The first-order valence-corrected chi connectivity index (χ1v) is 7.52. The first-order chi connectivity index (χ1) is 8.85. The van der Waals surface area contributed by atoms with Crippen LogP contribution in [0.25, 0.3) is 0 Å². The first kappa shape index (κ1) is 15.5. The van der Waals surface area contributed by atoms with Crippen molar-refractivity contribution in [3.63, 3.8) is 0 Å². The number of benzene rings is 1. The van der Waals surface area contributed by atoms with Crippen molar-refractivity contribution in [2.24, 2.45) is 16.8 Å². The van der Waals surface area contributed by atoms with Gasteiger partial charge in [-0.05, 0) is 11.5 Å². The number of hydrogen-bond acceptors (Lipinski definition) is 4. The third kappa shape index (κ3) is 4.88. The van der Waals surface area contributed by atoms with Gasteiger partial charge >= 0.3 is 0 Å². The zero-order chi connectivity index (χ0) is 14.5. The van der Waals surface area contributed by atoms with Crippen LogP contribution in [-0.2, 0) is 15.8 Å². The molecule has 1 aromatic carbocycles. The predicted molar refractivity (Wildman–Crippen MR) is 74.2 cm³/mol. The van der Waals surface area contributed by atoms with Gasteiger partial charge in [0.05, 0.1) is 11.8 Å². The van der Waals surface area contributed by atoms with E-state index in [1.54, 1.807) is 38.1 Å². The number of amidine groups is 1. The number of oxime groups is 1. The molecule has 0 aliphatic carbocycles. The van der Waals surface area contributed by atoms with Crippen molar-refractivity contribution >= 4 is 15.9 Å². The Morgan fingerprint density at radius 3 is 2.42 bits per heavy atom. The molecule has 1 aromatic rings. The van der Waals surface area contributed by atoms with E-state index in [-0.39, 0.29) is 17.5 Å². The highest BCUT2D eigenvalue weighted by Gasteiger charge is 2.24. The summed E-state index contributed by atoms with van der Waals surface area (Å²) in [4.78, 5) is 0. The fourth-order valence-electron chi connectivity index (χ4n) is 1.63. The van der Waals surface area contributed by atoms with E-state index in [1.165, 1.54) is 0 Å². The molecule has 0 saturated heterocycles. The van der Waals surface area contributed by atoms with E-state index in [4.69, 9.17) is 10.9 Å². The number of nitrogens with two attached hydrogens (primary N) is 1. The van der Waals surface area contributed by atoms with Crippen molar-refractivity contribution in [3.05, 3.63) is 35.9 Å². The molecule has 0 spiro atoms. The summed E-state index contributed by atoms with van der Waals surface area (Å²) in [6.07, 6.45) is 0. The van der Waals surface area contributed by atoms with Crippen molar-refractivity contribution in [3.8, 4) is 0 Å². The van der Waals surface area contributed by atoms with Gasteiger partial charge in [-0.15, -0.1) is 0 Å². The number of hydrogen-bond donors (Lipinski definition) is 3. The summed E-state index contributed by atoms with van der Waals surface area (Å²) in [6, 6.07) is 8.10. The van der Waals surface area contributed by atoms with Crippen molar-refractivity contribution in [2.75, 3.05) is 0 Å². The van der Waals surface area contributed by atoms with Crippen molar-refractivity contribution < 1.29 is 13.6 Å². The molecule has 0 saturated carbocycles. The molecular formula is C12H19N3O3S. The quantitative estimate of drug-likeness (QED) is 0.312. The van der Waals surface area contributed by atoms with E-state index < -0.39 is 16.1 Å².